The molecule has 3 saturated carbocycles. The molecular weight excluding hydrogens is 887 g/mol. The molecule has 2 aromatic heterocycles. The summed E-state index contributed by atoms with van der Waals surface area (Å²) in [6.45, 7) is 0. The molecule has 11 aromatic rings. The summed E-state index contributed by atoms with van der Waals surface area (Å²) >= 11 is 0. The van der Waals surface area contributed by atoms with Gasteiger partial charge >= 0.3 is 0 Å². The summed E-state index contributed by atoms with van der Waals surface area (Å²) in [5.74, 6) is 3.35. The fourth-order valence-electron chi connectivity index (χ4n) is 17.2. The van der Waals surface area contributed by atoms with Gasteiger partial charge in [-0.3, -0.25) is 0 Å². The van der Waals surface area contributed by atoms with Gasteiger partial charge in [0.25, 0.3) is 0 Å². The van der Waals surface area contributed by atoms with Crippen molar-refractivity contribution in [2.24, 2.45) is 5.92 Å². The summed E-state index contributed by atoms with van der Waals surface area (Å²) in [7, 11) is 0. The zero-order valence-corrected chi connectivity index (χ0v) is 40.3. The largest absolute Gasteiger partial charge is 0.456 e. The molecule has 9 aromatic carbocycles. The van der Waals surface area contributed by atoms with Crippen LogP contribution < -0.4 is 0 Å². The van der Waals surface area contributed by atoms with E-state index in [1.807, 2.05) is 36.4 Å². The number of hydrogen-bond donors (Lipinski definition) is 0. The normalized spacial score (nSPS) is 25.2. The number of fused-ring (bicyclic) bond motifs is 11. The smallest absolute Gasteiger partial charge is 0.164 e. The lowest BCUT2D eigenvalue weighted by atomic mass is 9.38. The second kappa shape index (κ2) is 14.5. The maximum atomic E-state index is 7.08. The van der Waals surface area contributed by atoms with Crippen LogP contribution in [0.2, 0.25) is 0 Å². The Labute approximate surface area is 424 Å². The van der Waals surface area contributed by atoms with Gasteiger partial charge in [-0.2, -0.15) is 0 Å². The summed E-state index contributed by atoms with van der Waals surface area (Å²) in [4.78, 5) is 15.3. The van der Waals surface area contributed by atoms with Crippen molar-refractivity contribution in [3.05, 3.63) is 246 Å². The third-order valence-corrected chi connectivity index (χ3v) is 19.2. The lowest BCUT2D eigenvalue weighted by molar-refractivity contribution is -0.00392. The van der Waals surface area contributed by atoms with E-state index in [1.165, 1.54) is 66.4 Å². The van der Waals surface area contributed by atoms with Crippen LogP contribution in [0.5, 0.6) is 0 Å². The van der Waals surface area contributed by atoms with Gasteiger partial charge < -0.3 is 4.42 Å². The summed E-state index contributed by atoms with van der Waals surface area (Å²) < 4.78 is 7.08. The highest BCUT2D eigenvalue weighted by Crippen LogP contribution is 2.82. The highest BCUT2D eigenvalue weighted by molar-refractivity contribution is 6.12. The first kappa shape index (κ1) is 40.4. The molecule has 17 rings (SSSR count). The molecule has 6 aliphatic rings. The maximum Gasteiger partial charge on any atom is 0.164 e. The van der Waals surface area contributed by atoms with Gasteiger partial charge in [-0.05, 0) is 135 Å². The Morgan fingerprint density at radius 2 is 0.849 bits per heavy atom. The highest BCUT2D eigenvalue weighted by atomic mass is 16.3. The van der Waals surface area contributed by atoms with Crippen molar-refractivity contribution in [1.29, 1.82) is 0 Å². The number of benzene rings is 9. The topological polar surface area (TPSA) is 51.8 Å². The lowest BCUT2D eigenvalue weighted by Crippen LogP contribution is -2.61. The monoisotopic (exact) mass is 935 g/mol. The Balaban J connectivity index is 0.948. The van der Waals surface area contributed by atoms with Crippen LogP contribution in [0.1, 0.15) is 83.2 Å². The van der Waals surface area contributed by atoms with Crippen LogP contribution in [-0.2, 0) is 16.2 Å². The number of hydrogen-bond acceptors (Lipinski definition) is 4. The predicted molar refractivity (Wildman–Crippen MR) is 292 cm³/mol. The first-order valence-corrected chi connectivity index (χ1v) is 26.4. The van der Waals surface area contributed by atoms with Gasteiger partial charge in [-0.1, -0.05) is 200 Å². The van der Waals surface area contributed by atoms with Crippen LogP contribution in [0.15, 0.2) is 217 Å². The van der Waals surface area contributed by atoms with Crippen LogP contribution >= 0.6 is 0 Å². The van der Waals surface area contributed by atoms with Crippen molar-refractivity contribution in [3.8, 4) is 67.5 Å². The van der Waals surface area contributed by atoms with E-state index in [0.717, 1.165) is 60.0 Å². The first-order valence-electron chi connectivity index (χ1n) is 26.4. The summed E-state index contributed by atoms with van der Waals surface area (Å²) in [6.07, 6.45) is 5.58. The zero-order valence-electron chi connectivity index (χ0n) is 40.3. The molecule has 7 unspecified atom stereocenters. The molecule has 3 spiro atoms. The van der Waals surface area contributed by atoms with Gasteiger partial charge in [0.2, 0.25) is 0 Å². The van der Waals surface area contributed by atoms with E-state index in [4.69, 9.17) is 19.4 Å². The second-order valence-corrected chi connectivity index (χ2v) is 22.3. The van der Waals surface area contributed by atoms with Gasteiger partial charge in [0.1, 0.15) is 11.2 Å². The van der Waals surface area contributed by atoms with Crippen LogP contribution in [0.25, 0.3) is 89.5 Å². The van der Waals surface area contributed by atoms with E-state index in [2.05, 4.69) is 176 Å². The Kier molecular flexibility index (Phi) is 8.01. The molecule has 0 amide bonds. The minimum Gasteiger partial charge on any atom is -0.456 e. The Hall–Kier alpha value is -8.21. The second-order valence-electron chi connectivity index (χ2n) is 22.3. The minimum atomic E-state index is -0.223. The van der Waals surface area contributed by atoms with Crippen LogP contribution in [0.3, 0.4) is 0 Å². The molecule has 7 atom stereocenters. The standard InChI is InChI=1S/C69H49N3O/c1-3-16-42(17-4-1)63-70-64(43-18-5-2-6-19-43)72-65(71-63)44-32-30-41(31-33-44)49-34-35-59-61-60-48(26-15-29-58(60)73-59)45-36-67-37-46(47-20-7-8-21-50(47)52-23-11-13-27-55(52)67)39-69-56-28-14-12-24-53(56)51-22-9-10-25-54(51)57(69)40-68(38-45,62(49)61)66(67)69/h1-35,45-46,57,66H,36-40H2. The van der Waals surface area contributed by atoms with Crippen LogP contribution in [0.4, 0.5) is 0 Å². The van der Waals surface area contributed by atoms with E-state index in [9.17, 15) is 0 Å². The molecule has 73 heavy (non-hydrogen) atoms. The third-order valence-electron chi connectivity index (χ3n) is 19.2. The van der Waals surface area contributed by atoms with Crippen molar-refractivity contribution >= 4 is 21.9 Å². The number of furan rings is 1. The fourth-order valence-corrected chi connectivity index (χ4v) is 17.2. The molecule has 0 N–H and O–H groups in total. The first-order chi connectivity index (χ1) is 36.1. The molecule has 4 bridgehead atoms. The molecule has 0 saturated heterocycles. The summed E-state index contributed by atoms with van der Waals surface area (Å²) in [6, 6.07) is 79.9. The lowest BCUT2D eigenvalue weighted by Gasteiger charge is -2.64. The van der Waals surface area contributed by atoms with Crippen LogP contribution in [-0.4, -0.2) is 15.0 Å². The van der Waals surface area contributed by atoms with Crippen molar-refractivity contribution in [1.82, 2.24) is 15.0 Å². The molecule has 6 aliphatic carbocycles. The van der Waals surface area contributed by atoms with Gasteiger partial charge in [-0.25, -0.2) is 15.0 Å². The SMILES string of the molecule is c1ccc(-c2nc(-c3ccccc3)nc(-c3ccc(-c4ccc5oc6cccc7c6c5c4C45CC7CC67CC(CC8(c9ccccc9-c9ccccc9C8C4)C65)c4ccccc4-c4ccccc47)cc3)n2)cc1. The molecule has 2 heterocycles. The quantitative estimate of drug-likeness (QED) is 0.176. The van der Waals surface area contributed by atoms with E-state index in [0.29, 0.717) is 41.1 Å². The average molecular weight is 936 g/mol. The van der Waals surface area contributed by atoms with E-state index >= 15 is 0 Å². The number of aromatic nitrogens is 3. The molecule has 346 valence electrons. The van der Waals surface area contributed by atoms with Crippen molar-refractivity contribution in [2.45, 2.75) is 66.1 Å². The molecule has 3 fully saturated rings. The van der Waals surface area contributed by atoms with E-state index in [-0.39, 0.29) is 16.2 Å². The molecular formula is C69H49N3O. The van der Waals surface area contributed by atoms with Gasteiger partial charge in [0.05, 0.1) is 0 Å². The van der Waals surface area contributed by atoms with E-state index < -0.39 is 0 Å². The van der Waals surface area contributed by atoms with Crippen molar-refractivity contribution < 1.29 is 4.42 Å². The van der Waals surface area contributed by atoms with E-state index in [1.54, 1.807) is 11.1 Å². The van der Waals surface area contributed by atoms with Gasteiger partial charge in [-0.15, -0.1) is 0 Å². The minimum absolute atomic E-state index is 0.132. The molecule has 4 heteroatoms. The zero-order chi connectivity index (χ0) is 47.6. The highest BCUT2D eigenvalue weighted by Gasteiger charge is 2.76. The Morgan fingerprint density at radius 1 is 0.342 bits per heavy atom. The number of nitrogens with zero attached hydrogens (tertiary/aromatic N) is 3. The average Bonchev–Trinajstić information content (AvgIpc) is 3.95. The summed E-state index contributed by atoms with van der Waals surface area (Å²) in [5, 5.41) is 2.67. The van der Waals surface area contributed by atoms with Crippen LogP contribution in [0, 0.1) is 5.92 Å². The molecule has 4 nitrogen and oxygen atoms in total. The van der Waals surface area contributed by atoms with Crippen molar-refractivity contribution in [3.63, 3.8) is 0 Å². The fraction of sp³-hybridized carbons (Fsp3) is 0.174. The Bertz CT molecular complexity index is 4060. The third kappa shape index (κ3) is 5.23. The Morgan fingerprint density at radius 3 is 1.55 bits per heavy atom. The van der Waals surface area contributed by atoms with Gasteiger partial charge in [0.15, 0.2) is 17.5 Å². The maximum absolute atomic E-state index is 7.08. The van der Waals surface area contributed by atoms with Gasteiger partial charge in [0, 0.05) is 43.7 Å². The molecule has 0 radical (unpaired) electrons. The number of rotatable bonds is 4. The molecule has 0 aliphatic heterocycles. The summed E-state index contributed by atoms with van der Waals surface area (Å²) in [5.41, 5.74) is 21.9. The van der Waals surface area contributed by atoms with Crippen molar-refractivity contribution in [2.75, 3.05) is 0 Å². The predicted octanol–water partition coefficient (Wildman–Crippen LogP) is 16.8.